The SMILES string of the molecule is C=CCCCCC(=O)OCC(Cc1ccc(OCc2ccccc2)cc1)NC(=O)C(CC=C)CC(=O)NC1(CO)CCCC1. The number of unbranched alkanes of at least 4 members (excludes halogenated alkanes) is 2. The molecule has 238 valence electrons. The summed E-state index contributed by atoms with van der Waals surface area (Å²) in [7, 11) is 0. The number of nitrogens with one attached hydrogen (secondary N) is 2. The highest BCUT2D eigenvalue weighted by atomic mass is 16.5. The zero-order chi connectivity index (χ0) is 31.6. The highest BCUT2D eigenvalue weighted by Crippen LogP contribution is 2.29. The molecule has 2 aromatic rings. The van der Waals surface area contributed by atoms with Crippen LogP contribution in [-0.2, 0) is 32.1 Å². The molecular weight excluding hydrogens is 556 g/mol. The Morgan fingerprint density at radius 2 is 1.68 bits per heavy atom. The van der Waals surface area contributed by atoms with Crippen molar-refractivity contribution in [3.05, 3.63) is 91.0 Å². The number of aliphatic hydroxyl groups is 1. The average molecular weight is 605 g/mol. The summed E-state index contributed by atoms with van der Waals surface area (Å²) in [6.45, 7) is 7.83. The second-order valence-electron chi connectivity index (χ2n) is 11.7. The molecule has 1 fully saturated rings. The Labute approximate surface area is 261 Å². The van der Waals surface area contributed by atoms with Crippen LogP contribution in [0.2, 0.25) is 0 Å². The van der Waals surface area contributed by atoms with Gasteiger partial charge in [-0.05, 0) is 68.2 Å². The third-order valence-corrected chi connectivity index (χ3v) is 8.01. The van der Waals surface area contributed by atoms with Crippen molar-refractivity contribution in [1.82, 2.24) is 10.6 Å². The molecule has 2 aromatic carbocycles. The molecule has 1 saturated carbocycles. The van der Waals surface area contributed by atoms with Crippen LogP contribution >= 0.6 is 0 Å². The molecule has 3 N–H and O–H groups in total. The Bertz CT molecular complexity index is 1190. The molecule has 2 amide bonds. The first-order valence-corrected chi connectivity index (χ1v) is 15.7. The lowest BCUT2D eigenvalue weighted by Crippen LogP contribution is -2.50. The maximum Gasteiger partial charge on any atom is 0.305 e. The van der Waals surface area contributed by atoms with Gasteiger partial charge in [-0.25, -0.2) is 0 Å². The minimum Gasteiger partial charge on any atom is -0.489 e. The summed E-state index contributed by atoms with van der Waals surface area (Å²) in [6, 6.07) is 17.0. The lowest BCUT2D eigenvalue weighted by atomic mass is 9.95. The Hall–Kier alpha value is -3.91. The van der Waals surface area contributed by atoms with E-state index in [2.05, 4.69) is 23.8 Å². The molecule has 0 aliphatic heterocycles. The normalized spacial score (nSPS) is 15.0. The summed E-state index contributed by atoms with van der Waals surface area (Å²) < 4.78 is 11.5. The van der Waals surface area contributed by atoms with Gasteiger partial charge in [0, 0.05) is 12.8 Å². The van der Waals surface area contributed by atoms with Gasteiger partial charge >= 0.3 is 5.97 Å². The molecule has 8 heteroatoms. The molecule has 2 atom stereocenters. The number of hydrogen-bond donors (Lipinski definition) is 3. The van der Waals surface area contributed by atoms with Crippen molar-refractivity contribution in [2.24, 2.45) is 5.92 Å². The van der Waals surface area contributed by atoms with E-state index in [1.807, 2.05) is 60.7 Å². The van der Waals surface area contributed by atoms with Crippen molar-refractivity contribution >= 4 is 17.8 Å². The van der Waals surface area contributed by atoms with Crippen molar-refractivity contribution in [2.45, 2.75) is 88.8 Å². The number of allylic oxidation sites excluding steroid dienone is 2. The van der Waals surface area contributed by atoms with Gasteiger partial charge in [0.1, 0.15) is 19.0 Å². The molecular formula is C36H48N2O6. The van der Waals surface area contributed by atoms with Crippen LogP contribution in [-0.4, -0.2) is 47.7 Å². The van der Waals surface area contributed by atoms with Crippen LogP contribution in [0.3, 0.4) is 0 Å². The predicted octanol–water partition coefficient (Wildman–Crippen LogP) is 5.59. The molecule has 3 rings (SSSR count). The van der Waals surface area contributed by atoms with E-state index in [9.17, 15) is 19.5 Å². The number of esters is 1. The van der Waals surface area contributed by atoms with E-state index < -0.39 is 17.5 Å². The minimum absolute atomic E-state index is 0.0128. The van der Waals surface area contributed by atoms with Gasteiger partial charge in [-0.3, -0.25) is 14.4 Å². The largest absolute Gasteiger partial charge is 0.489 e. The summed E-state index contributed by atoms with van der Waals surface area (Å²) in [5.74, 6) is -0.804. The van der Waals surface area contributed by atoms with E-state index in [-0.39, 0.29) is 37.4 Å². The van der Waals surface area contributed by atoms with Crippen molar-refractivity contribution in [2.75, 3.05) is 13.2 Å². The Balaban J connectivity index is 1.63. The van der Waals surface area contributed by atoms with Crippen molar-refractivity contribution < 1.29 is 29.0 Å². The van der Waals surface area contributed by atoms with Gasteiger partial charge in [0.05, 0.1) is 24.1 Å². The standard InChI is InChI=1S/C36H48N2O6/c1-3-5-6-10-16-34(41)44-26-31(23-28-17-19-32(20-18-28)43-25-29-14-8-7-9-15-29)37-35(42)30(13-4-2)24-33(40)38-36(27-39)21-11-12-22-36/h3-4,7-9,14-15,17-20,30-31,39H,1-2,5-6,10-13,16,21-27H2,(H,37,42)(H,38,40). The molecule has 1 aliphatic carbocycles. The van der Waals surface area contributed by atoms with Crippen LogP contribution < -0.4 is 15.4 Å². The number of carbonyl (C=O) groups is 3. The van der Waals surface area contributed by atoms with Crippen LogP contribution in [0, 0.1) is 5.92 Å². The van der Waals surface area contributed by atoms with Crippen LogP contribution in [0.25, 0.3) is 0 Å². The molecule has 0 spiro atoms. The highest BCUT2D eigenvalue weighted by Gasteiger charge is 2.35. The van der Waals surface area contributed by atoms with Crippen molar-refractivity contribution in [3.63, 3.8) is 0 Å². The molecule has 8 nitrogen and oxygen atoms in total. The maximum atomic E-state index is 13.5. The smallest absolute Gasteiger partial charge is 0.305 e. The van der Waals surface area contributed by atoms with Crippen LogP contribution in [0.5, 0.6) is 5.75 Å². The van der Waals surface area contributed by atoms with Gasteiger partial charge in [-0.15, -0.1) is 13.2 Å². The molecule has 1 aliphatic rings. The van der Waals surface area contributed by atoms with E-state index in [4.69, 9.17) is 9.47 Å². The fraction of sp³-hybridized carbons (Fsp3) is 0.472. The molecule has 0 radical (unpaired) electrons. The quantitative estimate of drug-likeness (QED) is 0.103. The monoisotopic (exact) mass is 604 g/mol. The van der Waals surface area contributed by atoms with E-state index in [1.54, 1.807) is 6.08 Å². The molecule has 0 aromatic heterocycles. The van der Waals surface area contributed by atoms with Gasteiger partial charge < -0.3 is 25.2 Å². The molecule has 0 saturated heterocycles. The second kappa shape index (κ2) is 18.7. The number of amides is 2. The number of ether oxygens (including phenoxy) is 2. The highest BCUT2D eigenvalue weighted by molar-refractivity contribution is 5.86. The fourth-order valence-corrected chi connectivity index (χ4v) is 5.47. The molecule has 2 unspecified atom stereocenters. The van der Waals surface area contributed by atoms with Gasteiger partial charge in [0.15, 0.2) is 0 Å². The zero-order valence-corrected chi connectivity index (χ0v) is 25.8. The summed E-state index contributed by atoms with van der Waals surface area (Å²) >= 11 is 0. The topological polar surface area (TPSA) is 114 Å². The van der Waals surface area contributed by atoms with Crippen molar-refractivity contribution in [1.29, 1.82) is 0 Å². The van der Waals surface area contributed by atoms with E-state index in [0.29, 0.717) is 32.3 Å². The Morgan fingerprint density at radius 1 is 0.955 bits per heavy atom. The summed E-state index contributed by atoms with van der Waals surface area (Å²) in [6.07, 6.45) is 10.2. The molecule has 44 heavy (non-hydrogen) atoms. The average Bonchev–Trinajstić information content (AvgIpc) is 3.50. The number of carbonyl (C=O) groups excluding carboxylic acids is 3. The zero-order valence-electron chi connectivity index (χ0n) is 25.8. The molecule has 0 heterocycles. The van der Waals surface area contributed by atoms with Crippen LogP contribution in [0.1, 0.15) is 75.3 Å². The minimum atomic E-state index is -0.643. The van der Waals surface area contributed by atoms with Gasteiger partial charge in [-0.1, -0.05) is 67.5 Å². The van der Waals surface area contributed by atoms with Gasteiger partial charge in [-0.2, -0.15) is 0 Å². The summed E-state index contributed by atoms with van der Waals surface area (Å²) in [5, 5.41) is 15.9. The number of hydrogen-bond acceptors (Lipinski definition) is 6. The van der Waals surface area contributed by atoms with Crippen molar-refractivity contribution in [3.8, 4) is 5.75 Å². The Kier molecular flexibility index (Phi) is 14.7. The van der Waals surface area contributed by atoms with E-state index in [1.165, 1.54) is 0 Å². The number of rotatable bonds is 20. The third kappa shape index (κ3) is 12.0. The predicted molar refractivity (Wildman–Crippen MR) is 172 cm³/mol. The van der Waals surface area contributed by atoms with E-state index >= 15 is 0 Å². The first-order valence-electron chi connectivity index (χ1n) is 15.7. The lowest BCUT2D eigenvalue weighted by Gasteiger charge is -2.29. The van der Waals surface area contributed by atoms with Crippen LogP contribution in [0.4, 0.5) is 0 Å². The lowest BCUT2D eigenvalue weighted by molar-refractivity contribution is -0.145. The van der Waals surface area contributed by atoms with Gasteiger partial charge in [0.25, 0.3) is 0 Å². The first kappa shape index (κ1) is 34.6. The maximum absolute atomic E-state index is 13.5. The van der Waals surface area contributed by atoms with E-state index in [0.717, 1.165) is 55.4 Å². The Morgan fingerprint density at radius 3 is 2.34 bits per heavy atom. The third-order valence-electron chi connectivity index (χ3n) is 8.01. The summed E-state index contributed by atoms with van der Waals surface area (Å²) in [5.41, 5.74) is 1.41. The first-order chi connectivity index (χ1) is 21.4. The second-order valence-corrected chi connectivity index (χ2v) is 11.7. The van der Waals surface area contributed by atoms with Gasteiger partial charge in [0.2, 0.25) is 11.8 Å². The number of benzene rings is 2. The summed E-state index contributed by atoms with van der Waals surface area (Å²) in [4.78, 5) is 38.8. The number of aliphatic hydroxyl groups excluding tert-OH is 1. The van der Waals surface area contributed by atoms with Crippen LogP contribution in [0.15, 0.2) is 79.9 Å². The fourth-order valence-electron chi connectivity index (χ4n) is 5.47. The molecule has 0 bridgehead atoms.